The van der Waals surface area contributed by atoms with Gasteiger partial charge in [0.2, 0.25) is 0 Å². The fourth-order valence-electron chi connectivity index (χ4n) is 1.07. The van der Waals surface area contributed by atoms with Crippen LogP contribution in [0.1, 0.15) is 39.5 Å². The van der Waals surface area contributed by atoms with Gasteiger partial charge in [0.15, 0.2) is 0 Å². The van der Waals surface area contributed by atoms with Crippen LogP contribution in [-0.2, 0) is 0 Å². The Balaban J connectivity index is 3.75. The second-order valence-electron chi connectivity index (χ2n) is 3.36. The summed E-state index contributed by atoms with van der Waals surface area (Å²) < 4.78 is 35.1. The van der Waals surface area contributed by atoms with Gasteiger partial charge in [0.05, 0.1) is 5.60 Å². The van der Waals surface area contributed by atoms with Crippen LogP contribution < -0.4 is 0 Å². The van der Waals surface area contributed by atoms with Crippen molar-refractivity contribution >= 4 is 0 Å². The summed E-state index contributed by atoms with van der Waals surface area (Å²) in [6, 6.07) is 0. The van der Waals surface area contributed by atoms with Crippen molar-refractivity contribution in [2.24, 2.45) is 0 Å². The average molecular weight is 184 g/mol. The van der Waals surface area contributed by atoms with Crippen molar-refractivity contribution in [1.29, 1.82) is 0 Å². The molecule has 0 aromatic heterocycles. The van der Waals surface area contributed by atoms with E-state index in [2.05, 4.69) is 0 Å². The molecule has 0 aromatic rings. The lowest BCUT2D eigenvalue weighted by Gasteiger charge is -2.22. The van der Waals surface area contributed by atoms with E-state index < -0.39 is 18.2 Å². The molecule has 0 fully saturated rings. The summed E-state index contributed by atoms with van der Waals surface area (Å²) in [5, 5.41) is 9.38. The van der Waals surface area contributed by atoms with Crippen LogP contribution >= 0.6 is 0 Å². The molecule has 74 valence electrons. The van der Waals surface area contributed by atoms with Crippen molar-refractivity contribution in [2.45, 2.75) is 51.3 Å². The number of hydrogen-bond donors (Lipinski definition) is 1. The van der Waals surface area contributed by atoms with Crippen LogP contribution in [0.4, 0.5) is 13.2 Å². The van der Waals surface area contributed by atoms with Gasteiger partial charge in [-0.2, -0.15) is 13.2 Å². The minimum atomic E-state index is -4.16. The number of hydrogen-bond acceptors (Lipinski definition) is 1. The predicted octanol–water partition coefficient (Wildman–Crippen LogP) is 2.88. The first-order valence-corrected chi connectivity index (χ1v) is 4.06. The van der Waals surface area contributed by atoms with Crippen molar-refractivity contribution in [2.75, 3.05) is 0 Å². The Labute approximate surface area is 70.6 Å². The largest absolute Gasteiger partial charge is 0.390 e. The van der Waals surface area contributed by atoms with E-state index in [9.17, 15) is 18.3 Å². The molecule has 0 amide bonds. The summed E-state index contributed by atoms with van der Waals surface area (Å²) in [6.07, 6.45) is -4.14. The van der Waals surface area contributed by atoms with Gasteiger partial charge in [-0.05, 0) is 19.8 Å². The molecule has 1 atom stereocenters. The van der Waals surface area contributed by atoms with Gasteiger partial charge in [0.1, 0.15) is 0 Å². The molecule has 1 unspecified atom stereocenters. The highest BCUT2D eigenvalue weighted by atomic mass is 19.4. The van der Waals surface area contributed by atoms with Gasteiger partial charge in [-0.1, -0.05) is 13.3 Å². The molecule has 4 heteroatoms. The molecule has 0 spiro atoms. The molecule has 0 heterocycles. The Morgan fingerprint density at radius 2 is 1.58 bits per heavy atom. The highest BCUT2D eigenvalue weighted by Gasteiger charge is 2.31. The molecule has 1 nitrogen and oxygen atoms in total. The monoisotopic (exact) mass is 184 g/mol. The molecule has 0 radical (unpaired) electrons. The lowest BCUT2D eigenvalue weighted by molar-refractivity contribution is -0.146. The quantitative estimate of drug-likeness (QED) is 0.712. The first-order valence-electron chi connectivity index (χ1n) is 4.06. The van der Waals surface area contributed by atoms with Crippen LogP contribution in [-0.4, -0.2) is 16.9 Å². The normalized spacial score (nSPS) is 17.5. The molecule has 0 aliphatic rings. The van der Waals surface area contributed by atoms with Crippen LogP contribution in [0.5, 0.6) is 0 Å². The molecule has 0 aromatic carbocycles. The third kappa shape index (κ3) is 6.46. The second-order valence-corrected chi connectivity index (χ2v) is 3.36. The van der Waals surface area contributed by atoms with E-state index in [0.29, 0.717) is 12.8 Å². The Morgan fingerprint density at radius 1 is 1.08 bits per heavy atom. The zero-order valence-corrected chi connectivity index (χ0v) is 7.41. The van der Waals surface area contributed by atoms with Crippen molar-refractivity contribution in [1.82, 2.24) is 0 Å². The maximum Gasteiger partial charge on any atom is 0.389 e. The number of rotatable bonds is 4. The summed E-state index contributed by atoms with van der Waals surface area (Å²) in [6.45, 7) is 3.28. The summed E-state index contributed by atoms with van der Waals surface area (Å²) in [5.74, 6) is 0. The molecular weight excluding hydrogens is 169 g/mol. The van der Waals surface area contributed by atoms with E-state index in [1.807, 2.05) is 6.92 Å². The molecule has 0 aliphatic heterocycles. The van der Waals surface area contributed by atoms with E-state index in [1.54, 1.807) is 0 Å². The fourth-order valence-corrected chi connectivity index (χ4v) is 1.07. The Morgan fingerprint density at radius 3 is 1.92 bits per heavy atom. The molecule has 0 aliphatic carbocycles. The molecule has 0 rings (SSSR count). The zero-order chi connectivity index (χ0) is 9.83. The maximum atomic E-state index is 11.7. The summed E-state index contributed by atoms with van der Waals surface area (Å²) >= 11 is 0. The van der Waals surface area contributed by atoms with E-state index in [-0.39, 0.29) is 6.42 Å². The lowest BCUT2D eigenvalue weighted by Crippen LogP contribution is -2.26. The molecule has 1 N–H and O–H groups in total. The van der Waals surface area contributed by atoms with Gasteiger partial charge in [-0.15, -0.1) is 0 Å². The van der Waals surface area contributed by atoms with Gasteiger partial charge in [0.25, 0.3) is 0 Å². The van der Waals surface area contributed by atoms with Crippen molar-refractivity contribution in [3.8, 4) is 0 Å². The van der Waals surface area contributed by atoms with Crippen LogP contribution in [0.3, 0.4) is 0 Å². The smallest absolute Gasteiger partial charge is 0.389 e. The number of aliphatic hydroxyl groups is 1. The van der Waals surface area contributed by atoms with Gasteiger partial charge < -0.3 is 5.11 Å². The minimum Gasteiger partial charge on any atom is -0.390 e. The fraction of sp³-hybridized carbons (Fsp3) is 1.00. The molecule has 0 saturated carbocycles. The van der Waals surface area contributed by atoms with E-state index in [1.165, 1.54) is 6.92 Å². The summed E-state index contributed by atoms with van der Waals surface area (Å²) in [4.78, 5) is 0. The Bertz CT molecular complexity index is 129. The highest BCUT2D eigenvalue weighted by molar-refractivity contribution is 4.73. The standard InChI is InChI=1S/C8H15F3O/c1-3-4-7(2,12)5-6-8(9,10)11/h12H,3-6H2,1-2H3. The average Bonchev–Trinajstić information content (AvgIpc) is 1.83. The van der Waals surface area contributed by atoms with Gasteiger partial charge >= 0.3 is 6.18 Å². The molecule has 12 heavy (non-hydrogen) atoms. The molecular formula is C8H15F3O. The number of halogens is 3. The van der Waals surface area contributed by atoms with Crippen LogP contribution in [0.25, 0.3) is 0 Å². The predicted molar refractivity (Wildman–Crippen MR) is 40.8 cm³/mol. The van der Waals surface area contributed by atoms with Gasteiger partial charge in [0, 0.05) is 6.42 Å². The first-order chi connectivity index (χ1) is 5.27. The Hall–Kier alpha value is -0.250. The first kappa shape index (κ1) is 11.8. The minimum absolute atomic E-state index is 0.204. The van der Waals surface area contributed by atoms with E-state index in [4.69, 9.17) is 0 Å². The molecule has 0 saturated heterocycles. The van der Waals surface area contributed by atoms with E-state index >= 15 is 0 Å². The van der Waals surface area contributed by atoms with E-state index in [0.717, 1.165) is 0 Å². The zero-order valence-electron chi connectivity index (χ0n) is 7.41. The topological polar surface area (TPSA) is 20.2 Å². The summed E-state index contributed by atoms with van der Waals surface area (Å²) in [7, 11) is 0. The van der Waals surface area contributed by atoms with Crippen molar-refractivity contribution < 1.29 is 18.3 Å². The van der Waals surface area contributed by atoms with Crippen LogP contribution in [0, 0.1) is 0 Å². The maximum absolute atomic E-state index is 11.7. The SMILES string of the molecule is CCCC(C)(O)CCC(F)(F)F. The van der Waals surface area contributed by atoms with Gasteiger partial charge in [-0.3, -0.25) is 0 Å². The molecule has 0 bridgehead atoms. The van der Waals surface area contributed by atoms with Crippen LogP contribution in [0.15, 0.2) is 0 Å². The van der Waals surface area contributed by atoms with Crippen molar-refractivity contribution in [3.63, 3.8) is 0 Å². The lowest BCUT2D eigenvalue weighted by atomic mass is 9.95. The summed E-state index contributed by atoms with van der Waals surface area (Å²) in [5.41, 5.74) is -1.16. The Kier molecular flexibility index (Phi) is 4.03. The highest BCUT2D eigenvalue weighted by Crippen LogP contribution is 2.27. The van der Waals surface area contributed by atoms with Gasteiger partial charge in [-0.25, -0.2) is 0 Å². The van der Waals surface area contributed by atoms with Crippen LogP contribution in [0.2, 0.25) is 0 Å². The second kappa shape index (κ2) is 4.12. The van der Waals surface area contributed by atoms with Crippen molar-refractivity contribution in [3.05, 3.63) is 0 Å². The third-order valence-corrected chi connectivity index (χ3v) is 1.74. The third-order valence-electron chi connectivity index (χ3n) is 1.74. The number of alkyl halides is 3.